The third-order valence-electron chi connectivity index (χ3n) is 7.29. The van der Waals surface area contributed by atoms with E-state index in [-0.39, 0.29) is 42.1 Å². The van der Waals surface area contributed by atoms with Crippen LogP contribution >= 0.6 is 11.3 Å². The van der Waals surface area contributed by atoms with Crippen LogP contribution in [0.25, 0.3) is 0 Å². The van der Waals surface area contributed by atoms with Gasteiger partial charge in [0, 0.05) is 52.2 Å². The number of nitrogens with zero attached hydrogens (tertiary/aromatic N) is 2. The molecule has 5 rings (SSSR count). The Morgan fingerprint density at radius 2 is 1.85 bits per heavy atom. The van der Waals surface area contributed by atoms with Crippen molar-refractivity contribution in [2.75, 3.05) is 11.5 Å². The SMILES string of the molecule is CCOC(=O)[C@@H]1C(=O)C2=C(C[C@H]1c1cccs1)N(c1cccc(C(F)(F)F)c1)C(=O)C[C@@H]2c1cccc([N+](=O)[O-])c1. The zero-order valence-electron chi connectivity index (χ0n) is 21.6. The summed E-state index contributed by atoms with van der Waals surface area (Å²) in [6, 6.07) is 13.3. The lowest BCUT2D eigenvalue weighted by Gasteiger charge is -2.42. The van der Waals surface area contributed by atoms with Crippen molar-refractivity contribution in [1.82, 2.24) is 0 Å². The molecule has 1 aliphatic heterocycles. The molecule has 0 fully saturated rings. The molecule has 212 valence electrons. The van der Waals surface area contributed by atoms with Crippen molar-refractivity contribution in [1.29, 1.82) is 0 Å². The highest BCUT2D eigenvalue weighted by atomic mass is 32.1. The summed E-state index contributed by atoms with van der Waals surface area (Å²) < 4.78 is 46.1. The number of thiophene rings is 1. The third kappa shape index (κ3) is 5.26. The van der Waals surface area contributed by atoms with E-state index in [0.29, 0.717) is 10.4 Å². The van der Waals surface area contributed by atoms with E-state index < -0.39 is 52.1 Å². The Kier molecular flexibility index (Phi) is 7.52. The second-order valence-electron chi connectivity index (χ2n) is 9.67. The average Bonchev–Trinajstić information content (AvgIpc) is 3.47. The maximum Gasteiger partial charge on any atom is 0.416 e. The molecular formula is C29H23F3N2O6S. The fraction of sp³-hybridized carbons (Fsp3) is 0.276. The van der Waals surface area contributed by atoms with Crippen LogP contribution in [0.2, 0.25) is 0 Å². The van der Waals surface area contributed by atoms with Crippen molar-refractivity contribution in [3.63, 3.8) is 0 Å². The summed E-state index contributed by atoms with van der Waals surface area (Å²) in [6.45, 7) is 1.63. The molecule has 0 unspecified atom stereocenters. The molecule has 1 aliphatic carbocycles. The second kappa shape index (κ2) is 10.9. The number of carbonyl (C=O) groups excluding carboxylic acids is 3. The van der Waals surface area contributed by atoms with Crippen LogP contribution in [0.15, 0.2) is 77.3 Å². The summed E-state index contributed by atoms with van der Waals surface area (Å²) in [7, 11) is 0. The molecule has 12 heteroatoms. The number of allylic oxidation sites excluding steroid dienone is 2. The lowest BCUT2D eigenvalue weighted by molar-refractivity contribution is -0.384. The van der Waals surface area contributed by atoms with E-state index in [1.54, 1.807) is 30.5 Å². The molecule has 0 saturated heterocycles. The Balaban J connectivity index is 1.74. The summed E-state index contributed by atoms with van der Waals surface area (Å²) in [5, 5.41) is 13.3. The first kappa shape index (κ1) is 28.2. The first-order chi connectivity index (χ1) is 19.5. The van der Waals surface area contributed by atoms with E-state index in [1.807, 2.05) is 0 Å². The van der Waals surface area contributed by atoms with E-state index in [1.165, 1.54) is 41.7 Å². The van der Waals surface area contributed by atoms with Gasteiger partial charge >= 0.3 is 12.1 Å². The zero-order chi connectivity index (χ0) is 29.5. The molecule has 8 nitrogen and oxygen atoms in total. The van der Waals surface area contributed by atoms with Crippen LogP contribution in [0.1, 0.15) is 47.6 Å². The van der Waals surface area contributed by atoms with Crippen LogP contribution in [0.4, 0.5) is 24.5 Å². The Hall–Kier alpha value is -4.32. The number of benzene rings is 2. The fourth-order valence-corrected chi connectivity index (χ4v) is 6.43. The van der Waals surface area contributed by atoms with E-state index in [9.17, 15) is 37.7 Å². The maximum absolute atomic E-state index is 14.3. The molecule has 1 amide bonds. The number of amides is 1. The van der Waals surface area contributed by atoms with Crippen LogP contribution in [0.3, 0.4) is 0 Å². The predicted octanol–water partition coefficient (Wildman–Crippen LogP) is 6.39. The van der Waals surface area contributed by atoms with Gasteiger partial charge in [-0.05, 0) is 48.6 Å². The van der Waals surface area contributed by atoms with Gasteiger partial charge in [0.15, 0.2) is 5.78 Å². The number of nitro groups is 1. The van der Waals surface area contributed by atoms with Crippen molar-refractivity contribution < 1.29 is 37.2 Å². The van der Waals surface area contributed by atoms with Crippen LogP contribution in [-0.2, 0) is 25.3 Å². The number of nitro benzene ring substituents is 1. The van der Waals surface area contributed by atoms with E-state index >= 15 is 0 Å². The molecule has 3 atom stereocenters. The van der Waals surface area contributed by atoms with Gasteiger partial charge in [0.05, 0.1) is 17.1 Å². The lowest BCUT2D eigenvalue weighted by atomic mass is 9.69. The number of non-ortho nitro benzene ring substituents is 1. The monoisotopic (exact) mass is 584 g/mol. The normalized spacial score (nSPS) is 21.1. The summed E-state index contributed by atoms with van der Waals surface area (Å²) in [4.78, 5) is 53.9. The number of halogens is 3. The Bertz CT molecular complexity index is 1570. The number of Topliss-reactive ketones (excluding diaryl/α,β-unsaturated/α-hetero) is 1. The topological polar surface area (TPSA) is 107 Å². The second-order valence-corrected chi connectivity index (χ2v) is 10.6. The van der Waals surface area contributed by atoms with Crippen LogP contribution in [0, 0.1) is 16.0 Å². The Morgan fingerprint density at radius 3 is 2.51 bits per heavy atom. The molecule has 1 aromatic heterocycles. The number of ether oxygens (including phenoxy) is 1. The first-order valence-electron chi connectivity index (χ1n) is 12.7. The molecule has 0 N–H and O–H groups in total. The predicted molar refractivity (Wildman–Crippen MR) is 143 cm³/mol. The van der Waals surface area contributed by atoms with Crippen LogP contribution in [-0.4, -0.2) is 29.2 Å². The Morgan fingerprint density at radius 1 is 1.10 bits per heavy atom. The summed E-state index contributed by atoms with van der Waals surface area (Å²) in [5.41, 5.74) is -0.739. The molecule has 2 aliphatic rings. The van der Waals surface area contributed by atoms with Crippen molar-refractivity contribution >= 4 is 40.4 Å². The smallest absolute Gasteiger partial charge is 0.416 e. The summed E-state index contributed by atoms with van der Waals surface area (Å²) in [6.07, 6.45) is -5.03. The van der Waals surface area contributed by atoms with Crippen LogP contribution < -0.4 is 4.90 Å². The number of hydrogen-bond acceptors (Lipinski definition) is 7. The molecule has 0 radical (unpaired) electrons. The lowest BCUT2D eigenvalue weighted by Crippen LogP contribution is -2.46. The van der Waals surface area contributed by atoms with E-state index in [2.05, 4.69) is 0 Å². The number of esters is 1. The van der Waals surface area contributed by atoms with Gasteiger partial charge in [-0.15, -0.1) is 11.3 Å². The fourth-order valence-electron chi connectivity index (χ4n) is 5.56. The van der Waals surface area contributed by atoms with Gasteiger partial charge in [-0.3, -0.25) is 29.4 Å². The standard InChI is InChI=1S/C29H23F3N2O6S/c1-2-40-28(37)26-21(23-10-5-11-41-23)14-22-25(27(26)36)20(16-6-3-9-19(12-16)34(38)39)15-24(35)33(22)18-8-4-7-17(13-18)29(30,31)32/h3-13,20-21,26H,2,14-15H2,1H3/t20-,21+,26+/m1/s1. The molecule has 41 heavy (non-hydrogen) atoms. The molecule has 2 heterocycles. The van der Waals surface area contributed by atoms with Gasteiger partial charge in [-0.2, -0.15) is 13.2 Å². The Labute approximate surface area is 236 Å². The quantitative estimate of drug-likeness (QED) is 0.144. The van der Waals surface area contributed by atoms with Gasteiger partial charge in [0.2, 0.25) is 5.91 Å². The third-order valence-corrected chi connectivity index (χ3v) is 8.29. The molecule has 3 aromatic rings. The average molecular weight is 585 g/mol. The highest BCUT2D eigenvalue weighted by Gasteiger charge is 2.50. The minimum absolute atomic E-state index is 0.0154. The van der Waals surface area contributed by atoms with Gasteiger partial charge in [0.25, 0.3) is 5.69 Å². The molecule has 0 spiro atoms. The minimum atomic E-state index is -4.67. The number of rotatable bonds is 6. The van der Waals surface area contributed by atoms with Crippen LogP contribution in [0.5, 0.6) is 0 Å². The molecule has 2 aromatic carbocycles. The van der Waals surface area contributed by atoms with Crippen molar-refractivity contribution in [3.05, 3.63) is 103 Å². The number of ketones is 1. The number of carbonyl (C=O) groups is 3. The van der Waals surface area contributed by atoms with E-state index in [4.69, 9.17) is 4.74 Å². The molecule has 0 saturated carbocycles. The number of alkyl halides is 3. The van der Waals surface area contributed by atoms with Gasteiger partial charge in [-0.1, -0.05) is 24.3 Å². The molecular weight excluding hydrogens is 561 g/mol. The largest absolute Gasteiger partial charge is 0.465 e. The highest BCUT2D eigenvalue weighted by Crippen LogP contribution is 2.50. The zero-order valence-corrected chi connectivity index (χ0v) is 22.4. The van der Waals surface area contributed by atoms with Crippen molar-refractivity contribution in [3.8, 4) is 0 Å². The maximum atomic E-state index is 14.3. The first-order valence-corrected chi connectivity index (χ1v) is 13.6. The van der Waals surface area contributed by atoms with Crippen molar-refractivity contribution in [2.45, 2.75) is 37.8 Å². The van der Waals surface area contributed by atoms with E-state index in [0.717, 1.165) is 17.0 Å². The van der Waals surface area contributed by atoms with Crippen molar-refractivity contribution in [2.24, 2.45) is 5.92 Å². The number of hydrogen-bond donors (Lipinski definition) is 0. The number of anilines is 1. The highest BCUT2D eigenvalue weighted by molar-refractivity contribution is 7.10. The summed E-state index contributed by atoms with van der Waals surface area (Å²) in [5.74, 6) is -4.89. The molecule has 0 bridgehead atoms. The van der Waals surface area contributed by atoms with Gasteiger partial charge in [0.1, 0.15) is 5.92 Å². The van der Waals surface area contributed by atoms with Gasteiger partial charge < -0.3 is 4.74 Å². The van der Waals surface area contributed by atoms with Gasteiger partial charge in [-0.25, -0.2) is 0 Å². The summed E-state index contributed by atoms with van der Waals surface area (Å²) >= 11 is 1.31. The minimum Gasteiger partial charge on any atom is -0.465 e.